The minimum absolute atomic E-state index is 0.0965. The maximum Gasteiger partial charge on any atom is 0.413 e. The van der Waals surface area contributed by atoms with E-state index in [0.717, 1.165) is 16.6 Å². The Morgan fingerprint density at radius 2 is 1.75 bits per heavy atom. The van der Waals surface area contributed by atoms with Gasteiger partial charge in [-0.05, 0) is 37.1 Å². The Hall–Kier alpha value is -4.49. The molecule has 0 aliphatic carbocycles. The topological polar surface area (TPSA) is 151 Å². The molecule has 1 fully saturated rings. The molecule has 0 radical (unpaired) electrons. The summed E-state index contributed by atoms with van der Waals surface area (Å²) in [6.45, 7) is 6.92. The van der Waals surface area contributed by atoms with E-state index in [0.29, 0.717) is 64.7 Å². The van der Waals surface area contributed by atoms with E-state index in [4.69, 9.17) is 14.2 Å². The predicted molar refractivity (Wildman–Crippen MR) is 164 cm³/mol. The van der Waals surface area contributed by atoms with Gasteiger partial charge in [0.15, 0.2) is 0 Å². The van der Waals surface area contributed by atoms with Crippen molar-refractivity contribution in [3.63, 3.8) is 0 Å². The zero-order valence-electron chi connectivity index (χ0n) is 25.4. The number of carbonyl (C=O) groups excluding carboxylic acids is 3. The standard InChI is InChI=1S/C22H29N5O6.C9H10N2/c1-26-8-10-32-12-11-31-9-2-3-16-13-17-19(23-14-16)25-21(30)33-22(17)4-6-27(7-5-22)20(29)24-15-18(26)28;1-6-3-7(2)9-8(4-6)5-10-11-9/h2-3,13-14H,4-12,15H2,1H3,(H,24,29)(H,23,25,30);3-5H,1-2H3,(H,10,11)/b3-2+;. The molecule has 3 N–H and O–H groups in total. The quantitative estimate of drug-likeness (QED) is 0.330. The van der Waals surface area contributed by atoms with Crippen LogP contribution in [0.1, 0.15) is 35.1 Å². The Kier molecular flexibility index (Phi) is 9.75. The van der Waals surface area contributed by atoms with Gasteiger partial charge in [-0.3, -0.25) is 15.2 Å². The molecule has 44 heavy (non-hydrogen) atoms. The molecule has 0 saturated carbocycles. The van der Waals surface area contributed by atoms with E-state index in [9.17, 15) is 14.4 Å². The second kappa shape index (κ2) is 13.9. The van der Waals surface area contributed by atoms with Gasteiger partial charge in [0.05, 0.1) is 44.7 Å². The third kappa shape index (κ3) is 7.34. The van der Waals surface area contributed by atoms with Crippen LogP contribution in [0.5, 0.6) is 0 Å². The van der Waals surface area contributed by atoms with Crippen LogP contribution in [0.15, 0.2) is 36.7 Å². The molecule has 1 saturated heterocycles. The smallest absolute Gasteiger partial charge is 0.413 e. The van der Waals surface area contributed by atoms with Gasteiger partial charge < -0.3 is 29.3 Å². The van der Waals surface area contributed by atoms with Crippen LogP contribution in [-0.2, 0) is 24.6 Å². The predicted octanol–water partition coefficient (Wildman–Crippen LogP) is 3.34. The van der Waals surface area contributed by atoms with Crippen LogP contribution in [0.2, 0.25) is 0 Å². The number of aryl methyl sites for hydroxylation is 2. The Balaban J connectivity index is 0.000000291. The normalized spacial score (nSPS) is 20.0. The van der Waals surface area contributed by atoms with Crippen molar-refractivity contribution in [1.29, 1.82) is 0 Å². The summed E-state index contributed by atoms with van der Waals surface area (Å²) in [6.07, 6.45) is 7.66. The van der Waals surface area contributed by atoms with Crippen molar-refractivity contribution in [2.75, 3.05) is 65.0 Å². The highest BCUT2D eigenvalue weighted by atomic mass is 16.6. The van der Waals surface area contributed by atoms with Gasteiger partial charge in [0, 0.05) is 56.7 Å². The van der Waals surface area contributed by atoms with E-state index in [1.54, 1.807) is 18.1 Å². The number of amides is 4. The number of rotatable bonds is 0. The molecule has 1 spiro atoms. The second-order valence-corrected chi connectivity index (χ2v) is 11.1. The van der Waals surface area contributed by atoms with Crippen molar-refractivity contribution in [2.45, 2.75) is 32.3 Å². The van der Waals surface area contributed by atoms with E-state index in [1.165, 1.54) is 21.4 Å². The minimum Gasteiger partial charge on any atom is -0.437 e. The molecule has 234 valence electrons. The number of fused-ring (bicyclic) bond motifs is 15. The number of benzene rings is 1. The van der Waals surface area contributed by atoms with Gasteiger partial charge >= 0.3 is 12.1 Å². The summed E-state index contributed by atoms with van der Waals surface area (Å²) in [5.74, 6) is 0.272. The zero-order chi connectivity index (χ0) is 31.1. The van der Waals surface area contributed by atoms with Gasteiger partial charge in [-0.2, -0.15) is 5.10 Å². The molecule has 1 aromatic carbocycles. The van der Waals surface area contributed by atoms with Crippen LogP contribution >= 0.6 is 0 Å². The van der Waals surface area contributed by atoms with Gasteiger partial charge in [-0.25, -0.2) is 14.6 Å². The van der Waals surface area contributed by atoms with Gasteiger partial charge in [-0.15, -0.1) is 0 Å². The molecule has 4 amide bonds. The number of likely N-dealkylation sites (N-methyl/N-ethyl adjacent to an activating group) is 1. The summed E-state index contributed by atoms with van der Waals surface area (Å²) in [5, 5.41) is 13.5. The van der Waals surface area contributed by atoms with Gasteiger partial charge in [0.25, 0.3) is 0 Å². The largest absolute Gasteiger partial charge is 0.437 e. The first-order chi connectivity index (χ1) is 21.2. The monoisotopic (exact) mass is 605 g/mol. The number of pyridine rings is 1. The molecule has 3 aromatic rings. The minimum atomic E-state index is -0.853. The molecular formula is C31H39N7O6. The maximum absolute atomic E-state index is 12.6. The van der Waals surface area contributed by atoms with Gasteiger partial charge in [0.1, 0.15) is 11.4 Å². The van der Waals surface area contributed by atoms with Crippen LogP contribution in [-0.4, -0.2) is 103 Å². The number of hydrogen-bond acceptors (Lipinski definition) is 8. The SMILES string of the molecule is CN1CCOCCOC/C=C/c2cnc3c(c2)C2(CCN(CC2)C(=O)NCC1=O)OC(=O)N3.Cc1cc(C)c2[nH]ncc2c1. The number of aromatic amines is 1. The van der Waals surface area contributed by atoms with Gasteiger partial charge in [0.2, 0.25) is 5.91 Å². The molecule has 0 unspecified atom stereocenters. The Morgan fingerprint density at radius 3 is 2.57 bits per heavy atom. The second-order valence-electron chi connectivity index (χ2n) is 11.1. The first-order valence-corrected chi connectivity index (χ1v) is 14.7. The van der Waals surface area contributed by atoms with Crippen molar-refractivity contribution in [1.82, 2.24) is 30.3 Å². The van der Waals surface area contributed by atoms with Gasteiger partial charge in [-0.1, -0.05) is 23.8 Å². The zero-order valence-corrected chi connectivity index (χ0v) is 25.4. The summed E-state index contributed by atoms with van der Waals surface area (Å²) >= 11 is 0. The Morgan fingerprint density at radius 1 is 0.955 bits per heavy atom. The fourth-order valence-corrected chi connectivity index (χ4v) is 5.52. The number of piperidine rings is 1. The maximum atomic E-state index is 12.6. The fraction of sp³-hybridized carbons (Fsp3) is 0.452. The lowest BCUT2D eigenvalue weighted by molar-refractivity contribution is -0.129. The van der Waals surface area contributed by atoms with Crippen molar-refractivity contribution in [3.05, 3.63) is 58.9 Å². The highest BCUT2D eigenvalue weighted by molar-refractivity contribution is 5.88. The Labute approximate surface area is 255 Å². The van der Waals surface area contributed by atoms with Crippen molar-refractivity contribution in [2.24, 2.45) is 0 Å². The average molecular weight is 606 g/mol. The highest BCUT2D eigenvalue weighted by Crippen LogP contribution is 2.43. The summed E-state index contributed by atoms with van der Waals surface area (Å²) in [6, 6.07) is 5.92. The first kappa shape index (κ1) is 31.0. The fourth-order valence-electron chi connectivity index (χ4n) is 5.52. The first-order valence-electron chi connectivity index (χ1n) is 14.7. The van der Waals surface area contributed by atoms with Crippen LogP contribution in [0.4, 0.5) is 15.4 Å². The molecule has 7 rings (SSSR count). The van der Waals surface area contributed by atoms with Crippen molar-refractivity contribution >= 4 is 40.8 Å². The molecule has 0 atom stereocenters. The molecule has 2 aromatic heterocycles. The van der Waals surface area contributed by atoms with Crippen LogP contribution in [0.3, 0.4) is 0 Å². The van der Waals surface area contributed by atoms with E-state index >= 15 is 0 Å². The number of nitrogens with one attached hydrogen (secondary N) is 3. The lowest BCUT2D eigenvalue weighted by Crippen LogP contribution is -2.53. The lowest BCUT2D eigenvalue weighted by atomic mass is 9.83. The molecule has 13 nitrogen and oxygen atoms in total. The van der Waals surface area contributed by atoms with Crippen LogP contribution in [0, 0.1) is 13.8 Å². The van der Waals surface area contributed by atoms with E-state index in [-0.39, 0.29) is 18.5 Å². The number of nitrogens with zero attached hydrogens (tertiary/aromatic N) is 4. The molecule has 6 heterocycles. The molecule has 4 aliphatic heterocycles. The van der Waals surface area contributed by atoms with E-state index in [2.05, 4.69) is 51.8 Å². The summed E-state index contributed by atoms with van der Waals surface area (Å²) in [5.41, 5.74) is 4.50. The van der Waals surface area contributed by atoms with E-state index < -0.39 is 11.7 Å². The number of urea groups is 1. The lowest BCUT2D eigenvalue weighted by Gasteiger charge is -2.43. The molecule has 13 heteroatoms. The van der Waals surface area contributed by atoms with Crippen molar-refractivity contribution in [3.8, 4) is 0 Å². The number of carbonyl (C=O) groups is 3. The molecule has 4 aliphatic rings. The average Bonchev–Trinajstić information content (AvgIpc) is 3.48. The summed E-state index contributed by atoms with van der Waals surface area (Å²) in [4.78, 5) is 44.7. The third-order valence-electron chi connectivity index (χ3n) is 7.94. The van der Waals surface area contributed by atoms with Crippen LogP contribution < -0.4 is 10.6 Å². The number of ether oxygens (including phenoxy) is 3. The number of H-pyrrole nitrogens is 1. The third-order valence-corrected chi connectivity index (χ3v) is 7.94. The number of hydrogen-bond donors (Lipinski definition) is 3. The molecular weight excluding hydrogens is 566 g/mol. The molecule has 4 bridgehead atoms. The number of aromatic nitrogens is 3. The Bertz CT molecular complexity index is 1530. The highest BCUT2D eigenvalue weighted by Gasteiger charge is 2.46. The van der Waals surface area contributed by atoms with Crippen molar-refractivity contribution < 1.29 is 28.6 Å². The van der Waals surface area contributed by atoms with E-state index in [1.807, 2.05) is 24.4 Å². The summed E-state index contributed by atoms with van der Waals surface area (Å²) < 4.78 is 16.8. The van der Waals surface area contributed by atoms with Crippen LogP contribution in [0.25, 0.3) is 17.0 Å². The number of anilines is 1. The summed E-state index contributed by atoms with van der Waals surface area (Å²) in [7, 11) is 1.67.